The van der Waals surface area contributed by atoms with Crippen LogP contribution in [0.2, 0.25) is 0 Å². The number of carboxylic acid groups (broad SMARTS) is 2. The number of halogens is 6. The van der Waals surface area contributed by atoms with E-state index < -0.39 is 34.3 Å². The zero-order valence-corrected chi connectivity index (χ0v) is 31.3. The highest BCUT2D eigenvalue weighted by Crippen LogP contribution is 2.36. The highest BCUT2D eigenvalue weighted by atomic mass is 32.2. The molecule has 4 aromatic heterocycles. The van der Waals surface area contributed by atoms with E-state index in [0.717, 1.165) is 47.7 Å². The SMILES string of the molecule is CCOCCN(c1cccc2cc(-c3ncc(CN4CCCC(c5ccccn5)C4)s3)[nH]c12)S(=O)(=O)c1cccs1.O=C(O)C(F)(F)F.O=C(O)C(F)(F)F. The standard InChI is InChI=1S/C30H33N5O3S3.2C2HF3O2/c1-2-38-16-15-35(41(36,37)28-12-7-17-39-28)27-11-5-8-22-18-26(33-29(22)27)30-32-19-24(40-30)21-34-14-6-9-23(20-34)25-10-3-4-13-31-25;2*3-2(4,5)1(6)7/h3-5,7-8,10-13,17-19,23,33H,2,6,9,14-16,20-21H2,1H3;2*(H,6,7). The van der Waals surface area contributed by atoms with Gasteiger partial charge in [0.2, 0.25) is 0 Å². The van der Waals surface area contributed by atoms with Crippen LogP contribution in [0, 0.1) is 0 Å². The van der Waals surface area contributed by atoms with Gasteiger partial charge in [0.1, 0.15) is 9.22 Å². The molecule has 1 atom stereocenters. The van der Waals surface area contributed by atoms with Crippen molar-refractivity contribution < 1.29 is 59.3 Å². The van der Waals surface area contributed by atoms with Crippen molar-refractivity contribution in [3.63, 3.8) is 0 Å². The average molecular weight is 836 g/mol. The van der Waals surface area contributed by atoms with Crippen molar-refractivity contribution in [2.45, 2.75) is 48.8 Å². The summed E-state index contributed by atoms with van der Waals surface area (Å²) in [6, 6.07) is 17.4. The smallest absolute Gasteiger partial charge is 0.475 e. The van der Waals surface area contributed by atoms with Gasteiger partial charge in [-0.25, -0.2) is 23.0 Å². The topological polar surface area (TPSA) is 166 Å². The Hall–Kier alpha value is -4.57. The summed E-state index contributed by atoms with van der Waals surface area (Å²) >= 11 is 2.90. The van der Waals surface area contributed by atoms with Crippen LogP contribution in [0.5, 0.6) is 0 Å². The van der Waals surface area contributed by atoms with E-state index in [1.54, 1.807) is 28.8 Å². The van der Waals surface area contributed by atoms with Crippen LogP contribution in [0.4, 0.5) is 32.0 Å². The van der Waals surface area contributed by atoms with E-state index in [-0.39, 0.29) is 6.54 Å². The first-order chi connectivity index (χ1) is 25.9. The van der Waals surface area contributed by atoms with Gasteiger partial charge >= 0.3 is 24.3 Å². The van der Waals surface area contributed by atoms with Gasteiger partial charge in [0.15, 0.2) is 0 Å². The van der Waals surface area contributed by atoms with Gasteiger partial charge in [0, 0.05) is 54.0 Å². The summed E-state index contributed by atoms with van der Waals surface area (Å²) < 4.78 is 98.1. The Morgan fingerprint density at radius 2 is 1.73 bits per heavy atom. The van der Waals surface area contributed by atoms with Gasteiger partial charge in [0.25, 0.3) is 10.0 Å². The number of hydrogen-bond donors (Lipinski definition) is 3. The maximum absolute atomic E-state index is 13.7. The fourth-order valence-electron chi connectivity index (χ4n) is 5.43. The highest BCUT2D eigenvalue weighted by Gasteiger charge is 2.39. The quantitative estimate of drug-likeness (QED) is 0.0890. The Balaban J connectivity index is 0.000000410. The minimum Gasteiger partial charge on any atom is -0.475 e. The monoisotopic (exact) mass is 835 g/mol. The summed E-state index contributed by atoms with van der Waals surface area (Å²) in [5.41, 5.74) is 3.43. The lowest BCUT2D eigenvalue weighted by Gasteiger charge is -2.32. The molecule has 1 saturated heterocycles. The Labute approximate surface area is 319 Å². The average Bonchev–Trinajstić information content (AvgIpc) is 3.92. The number of nitrogens with zero attached hydrogens (tertiary/aromatic N) is 4. The number of carbonyl (C=O) groups is 2. The Bertz CT molecular complexity index is 2080. The summed E-state index contributed by atoms with van der Waals surface area (Å²) in [6.45, 7) is 5.88. The van der Waals surface area contributed by atoms with Crippen molar-refractivity contribution in [2.75, 3.05) is 37.2 Å². The van der Waals surface area contributed by atoms with E-state index in [1.807, 2.05) is 43.6 Å². The van der Waals surface area contributed by atoms with Crippen LogP contribution in [0.3, 0.4) is 0 Å². The molecule has 1 aliphatic heterocycles. The number of carboxylic acids is 2. The van der Waals surface area contributed by atoms with Crippen molar-refractivity contribution in [1.29, 1.82) is 0 Å². The van der Waals surface area contributed by atoms with Crippen LogP contribution in [0.1, 0.15) is 36.3 Å². The molecule has 0 radical (unpaired) electrons. The number of thiazole rings is 1. The molecule has 0 saturated carbocycles. The molecule has 0 amide bonds. The first-order valence-electron chi connectivity index (χ1n) is 16.4. The summed E-state index contributed by atoms with van der Waals surface area (Å²) in [6.07, 6.45) is -3.99. The molecular weight excluding hydrogens is 801 g/mol. The number of aliphatic carboxylic acids is 2. The number of H-pyrrole nitrogens is 1. The maximum Gasteiger partial charge on any atom is 0.490 e. The van der Waals surface area contributed by atoms with Crippen LogP contribution in [0.15, 0.2) is 76.6 Å². The molecule has 298 valence electrons. The third-order valence-electron chi connectivity index (χ3n) is 7.85. The fraction of sp³-hybridized carbons (Fsp3) is 0.353. The van der Waals surface area contributed by atoms with Crippen LogP contribution >= 0.6 is 22.7 Å². The molecule has 0 bridgehead atoms. The van der Waals surface area contributed by atoms with Crippen molar-refractivity contribution in [3.8, 4) is 10.7 Å². The molecule has 6 rings (SSSR count). The molecule has 1 fully saturated rings. The number of sulfonamides is 1. The van der Waals surface area contributed by atoms with Crippen LogP contribution < -0.4 is 4.31 Å². The van der Waals surface area contributed by atoms with Gasteiger partial charge in [-0.1, -0.05) is 24.3 Å². The van der Waals surface area contributed by atoms with Crippen molar-refractivity contribution in [2.24, 2.45) is 0 Å². The van der Waals surface area contributed by atoms with Gasteiger partial charge in [-0.3, -0.25) is 14.2 Å². The van der Waals surface area contributed by atoms with E-state index in [2.05, 4.69) is 33.1 Å². The third-order valence-corrected chi connectivity index (χ3v) is 12.0. The summed E-state index contributed by atoms with van der Waals surface area (Å²) in [5.74, 6) is -5.06. The van der Waals surface area contributed by atoms with E-state index >= 15 is 0 Å². The second kappa shape index (κ2) is 18.8. The van der Waals surface area contributed by atoms with Gasteiger partial charge in [-0.15, -0.1) is 22.7 Å². The van der Waals surface area contributed by atoms with Gasteiger partial charge in [0.05, 0.1) is 30.0 Å². The summed E-state index contributed by atoms with van der Waals surface area (Å²) in [5, 5.41) is 17.9. The molecule has 5 heterocycles. The number of para-hydroxylation sites is 1. The number of aromatic nitrogens is 3. The van der Waals surface area contributed by atoms with Crippen LogP contribution in [-0.2, 0) is 30.9 Å². The van der Waals surface area contributed by atoms with Gasteiger partial charge < -0.3 is 19.9 Å². The summed E-state index contributed by atoms with van der Waals surface area (Å²) in [4.78, 5) is 34.3. The van der Waals surface area contributed by atoms with Crippen molar-refractivity contribution >= 4 is 61.2 Å². The van der Waals surface area contributed by atoms with Crippen LogP contribution in [-0.4, -0.2) is 95.6 Å². The molecule has 5 aromatic rings. The molecule has 1 aliphatic rings. The lowest BCUT2D eigenvalue weighted by Crippen LogP contribution is -2.34. The zero-order valence-electron chi connectivity index (χ0n) is 28.9. The Kier molecular flexibility index (Phi) is 14.8. The minimum absolute atomic E-state index is 0.221. The number of ether oxygens (including phenoxy) is 1. The number of anilines is 1. The molecule has 0 spiro atoms. The second-order valence-corrected chi connectivity index (χ2v) is 15.8. The number of rotatable bonds is 11. The minimum atomic E-state index is -5.08. The third kappa shape index (κ3) is 12.0. The Morgan fingerprint density at radius 3 is 2.33 bits per heavy atom. The van der Waals surface area contributed by atoms with Crippen molar-refractivity contribution in [3.05, 3.63) is 82.9 Å². The van der Waals surface area contributed by atoms with E-state index in [1.165, 1.54) is 32.6 Å². The number of likely N-dealkylation sites (tertiary alicyclic amines) is 1. The molecule has 3 N–H and O–H groups in total. The lowest BCUT2D eigenvalue weighted by molar-refractivity contribution is -0.193. The fourth-order valence-corrected chi connectivity index (χ4v) is 8.92. The molecule has 21 heteroatoms. The lowest BCUT2D eigenvalue weighted by atomic mass is 9.94. The number of aromatic amines is 1. The number of thiophene rings is 1. The van der Waals surface area contributed by atoms with Crippen molar-refractivity contribution in [1.82, 2.24) is 19.9 Å². The van der Waals surface area contributed by atoms with E-state index in [4.69, 9.17) is 29.5 Å². The number of piperidine rings is 1. The summed E-state index contributed by atoms with van der Waals surface area (Å²) in [7, 11) is -3.75. The number of pyridine rings is 1. The first kappa shape index (κ1) is 43.2. The molecule has 1 aromatic carbocycles. The molecule has 12 nitrogen and oxygen atoms in total. The van der Waals surface area contributed by atoms with Gasteiger partial charge in [-0.2, -0.15) is 26.3 Å². The van der Waals surface area contributed by atoms with Crippen LogP contribution in [0.25, 0.3) is 21.6 Å². The van der Waals surface area contributed by atoms with E-state index in [9.17, 15) is 34.8 Å². The predicted molar refractivity (Wildman–Crippen MR) is 194 cm³/mol. The number of alkyl halides is 6. The van der Waals surface area contributed by atoms with Gasteiger partial charge in [-0.05, 0) is 62.0 Å². The van der Waals surface area contributed by atoms with E-state index in [0.29, 0.717) is 29.0 Å². The molecular formula is C34H35F6N5O7S3. The Morgan fingerprint density at radius 1 is 1.02 bits per heavy atom. The predicted octanol–water partition coefficient (Wildman–Crippen LogP) is 7.63. The zero-order chi connectivity index (χ0) is 40.4. The number of fused-ring (bicyclic) bond motifs is 1. The maximum atomic E-state index is 13.7. The highest BCUT2D eigenvalue weighted by molar-refractivity contribution is 7.94. The number of hydrogen-bond acceptors (Lipinski definition) is 10. The molecule has 0 aliphatic carbocycles. The number of benzene rings is 1. The second-order valence-electron chi connectivity index (χ2n) is 11.7. The first-order valence-corrected chi connectivity index (χ1v) is 19.5. The molecule has 1 unspecified atom stereocenters. The normalized spacial score (nSPS) is 15.1. The number of nitrogens with one attached hydrogen (secondary N) is 1. The molecule has 55 heavy (non-hydrogen) atoms. The largest absolute Gasteiger partial charge is 0.490 e.